The van der Waals surface area contributed by atoms with Gasteiger partial charge in [-0.05, 0) is 55.5 Å². The number of piperidine rings is 1. The standard InChI is InChI=1S/C26H30N6O3/c1-17-14-23(26(33)29-19-5-7-22-18(15-19)4-3-11-27-22)30-31-25(17)32-12-9-20(10-13-32)35-21-6-8-24(34-2)28-16-21/h3-4,6,8,11,14,16,19-20H,5,7,9-10,12-13,15H2,1-2H3,(H,29,33)/t19-/m1/s1. The number of nitrogens with zero attached hydrogens (tertiary/aromatic N) is 5. The summed E-state index contributed by atoms with van der Waals surface area (Å²) in [7, 11) is 1.59. The summed E-state index contributed by atoms with van der Waals surface area (Å²) in [6, 6.07) is 9.62. The lowest BCUT2D eigenvalue weighted by atomic mass is 9.92. The van der Waals surface area contributed by atoms with Crippen LogP contribution in [-0.2, 0) is 12.8 Å². The molecule has 1 saturated heterocycles. The fourth-order valence-corrected chi connectivity index (χ4v) is 4.78. The minimum absolute atomic E-state index is 0.0842. The van der Waals surface area contributed by atoms with Gasteiger partial charge in [-0.1, -0.05) is 6.07 Å². The number of rotatable bonds is 6. The largest absolute Gasteiger partial charge is 0.489 e. The molecular weight excluding hydrogens is 444 g/mol. The maximum Gasteiger partial charge on any atom is 0.272 e. The number of fused-ring (bicyclic) bond motifs is 1. The maximum absolute atomic E-state index is 12.8. The van der Waals surface area contributed by atoms with Gasteiger partial charge in [0.1, 0.15) is 11.9 Å². The number of carbonyl (C=O) groups is 1. The number of hydrogen-bond acceptors (Lipinski definition) is 8. The van der Waals surface area contributed by atoms with E-state index >= 15 is 0 Å². The molecule has 0 unspecified atom stereocenters. The van der Waals surface area contributed by atoms with E-state index in [1.54, 1.807) is 19.4 Å². The Morgan fingerprint density at radius 3 is 2.71 bits per heavy atom. The summed E-state index contributed by atoms with van der Waals surface area (Å²) < 4.78 is 11.2. The van der Waals surface area contributed by atoms with Gasteiger partial charge in [0.25, 0.3) is 5.91 Å². The van der Waals surface area contributed by atoms with Gasteiger partial charge in [0.15, 0.2) is 11.5 Å². The fraction of sp³-hybridized carbons (Fsp3) is 0.423. The molecule has 3 aromatic heterocycles. The molecule has 5 rings (SSSR count). The van der Waals surface area contributed by atoms with Gasteiger partial charge >= 0.3 is 0 Å². The Bertz CT molecular complexity index is 1180. The maximum atomic E-state index is 12.8. The zero-order valence-electron chi connectivity index (χ0n) is 20.1. The third-order valence-electron chi connectivity index (χ3n) is 6.67. The van der Waals surface area contributed by atoms with Gasteiger partial charge in [-0.15, -0.1) is 10.2 Å². The van der Waals surface area contributed by atoms with Crippen LogP contribution < -0.4 is 19.7 Å². The molecule has 1 amide bonds. The first-order chi connectivity index (χ1) is 17.1. The Balaban J connectivity index is 1.15. The molecule has 1 atom stereocenters. The lowest BCUT2D eigenvalue weighted by molar-refractivity contribution is 0.0927. The first kappa shape index (κ1) is 23.0. The minimum atomic E-state index is -0.176. The Morgan fingerprint density at radius 1 is 1.11 bits per heavy atom. The molecule has 0 aromatic carbocycles. The molecule has 1 fully saturated rings. The predicted molar refractivity (Wildman–Crippen MR) is 131 cm³/mol. The van der Waals surface area contributed by atoms with Gasteiger partial charge in [0, 0.05) is 49.9 Å². The van der Waals surface area contributed by atoms with E-state index in [1.165, 1.54) is 5.56 Å². The fourth-order valence-electron chi connectivity index (χ4n) is 4.78. The molecule has 182 valence electrons. The summed E-state index contributed by atoms with van der Waals surface area (Å²) in [4.78, 5) is 23.7. The molecule has 4 heterocycles. The molecule has 9 nitrogen and oxygen atoms in total. The van der Waals surface area contributed by atoms with Gasteiger partial charge in [-0.25, -0.2) is 4.98 Å². The number of ether oxygens (including phenoxy) is 2. The average molecular weight is 475 g/mol. The normalized spacial score (nSPS) is 18.0. The topological polar surface area (TPSA) is 102 Å². The molecule has 3 aromatic rings. The van der Waals surface area contributed by atoms with Gasteiger partial charge in [0.2, 0.25) is 5.88 Å². The van der Waals surface area contributed by atoms with E-state index < -0.39 is 0 Å². The molecule has 1 N–H and O–H groups in total. The molecule has 9 heteroatoms. The lowest BCUT2D eigenvalue weighted by Crippen LogP contribution is -2.40. The SMILES string of the molecule is COc1ccc(OC2CCN(c3nnc(C(=O)N[C@@H]4CCc5ncccc5C4)cc3C)CC2)cn1. The molecule has 0 bridgehead atoms. The van der Waals surface area contributed by atoms with Crippen molar-refractivity contribution in [2.24, 2.45) is 0 Å². The molecule has 35 heavy (non-hydrogen) atoms. The Hall–Kier alpha value is -3.75. The summed E-state index contributed by atoms with van der Waals surface area (Å²) in [6.45, 7) is 3.60. The monoisotopic (exact) mass is 474 g/mol. The third-order valence-corrected chi connectivity index (χ3v) is 6.67. The van der Waals surface area contributed by atoms with Crippen LogP contribution >= 0.6 is 0 Å². The van der Waals surface area contributed by atoms with Crippen LogP contribution in [0.3, 0.4) is 0 Å². The lowest BCUT2D eigenvalue weighted by Gasteiger charge is -2.33. The number of methoxy groups -OCH3 is 1. The van der Waals surface area contributed by atoms with Crippen LogP contribution in [0.1, 0.15) is 46.6 Å². The van der Waals surface area contributed by atoms with E-state index in [0.717, 1.165) is 68.0 Å². The number of nitrogens with one attached hydrogen (secondary N) is 1. The van der Waals surface area contributed by atoms with Crippen molar-refractivity contribution in [2.75, 3.05) is 25.1 Å². The third kappa shape index (κ3) is 5.34. The van der Waals surface area contributed by atoms with Crippen molar-refractivity contribution in [1.82, 2.24) is 25.5 Å². The van der Waals surface area contributed by atoms with Crippen molar-refractivity contribution >= 4 is 11.7 Å². The molecule has 0 radical (unpaired) electrons. The van der Waals surface area contributed by atoms with Crippen molar-refractivity contribution in [3.05, 3.63) is 65.2 Å². The molecule has 1 aliphatic heterocycles. The summed E-state index contributed by atoms with van der Waals surface area (Å²) in [5, 5.41) is 11.8. The second-order valence-electron chi connectivity index (χ2n) is 9.10. The zero-order valence-corrected chi connectivity index (χ0v) is 20.1. The van der Waals surface area contributed by atoms with E-state index in [9.17, 15) is 4.79 Å². The molecule has 2 aliphatic rings. The second-order valence-corrected chi connectivity index (χ2v) is 9.10. The van der Waals surface area contributed by atoms with Crippen LogP contribution in [0, 0.1) is 6.92 Å². The van der Waals surface area contributed by atoms with E-state index in [1.807, 2.05) is 31.3 Å². The van der Waals surface area contributed by atoms with Crippen molar-refractivity contribution in [2.45, 2.75) is 51.2 Å². The highest BCUT2D eigenvalue weighted by Crippen LogP contribution is 2.25. The number of amides is 1. The summed E-state index contributed by atoms with van der Waals surface area (Å²) in [5.41, 5.74) is 3.64. The quantitative estimate of drug-likeness (QED) is 0.582. The van der Waals surface area contributed by atoms with Crippen LogP contribution in [0.2, 0.25) is 0 Å². The first-order valence-electron chi connectivity index (χ1n) is 12.1. The average Bonchev–Trinajstić information content (AvgIpc) is 2.89. The van der Waals surface area contributed by atoms with Crippen LogP contribution in [0.5, 0.6) is 11.6 Å². The van der Waals surface area contributed by atoms with Gasteiger partial charge in [-0.2, -0.15) is 0 Å². The van der Waals surface area contributed by atoms with Crippen molar-refractivity contribution in [3.63, 3.8) is 0 Å². The number of hydrogen-bond donors (Lipinski definition) is 1. The van der Waals surface area contributed by atoms with E-state index in [4.69, 9.17) is 9.47 Å². The van der Waals surface area contributed by atoms with Crippen LogP contribution in [-0.4, -0.2) is 58.4 Å². The van der Waals surface area contributed by atoms with Crippen LogP contribution in [0.15, 0.2) is 42.7 Å². The molecule has 0 saturated carbocycles. The minimum Gasteiger partial charge on any atom is -0.489 e. The van der Waals surface area contributed by atoms with Crippen LogP contribution in [0.25, 0.3) is 0 Å². The molecular formula is C26H30N6O3. The van der Waals surface area contributed by atoms with Crippen LogP contribution in [0.4, 0.5) is 5.82 Å². The van der Waals surface area contributed by atoms with E-state index in [0.29, 0.717) is 11.6 Å². The highest BCUT2D eigenvalue weighted by atomic mass is 16.5. The van der Waals surface area contributed by atoms with Gasteiger partial charge in [-0.3, -0.25) is 9.78 Å². The summed E-state index contributed by atoms with van der Waals surface area (Å²) in [5.74, 6) is 1.96. The van der Waals surface area contributed by atoms with E-state index in [-0.39, 0.29) is 18.1 Å². The molecule has 1 aliphatic carbocycles. The summed E-state index contributed by atoms with van der Waals surface area (Å²) in [6.07, 6.45) is 7.92. The number of anilines is 1. The van der Waals surface area contributed by atoms with E-state index in [2.05, 4.69) is 36.4 Å². The number of pyridine rings is 2. The number of aryl methyl sites for hydroxylation is 2. The van der Waals surface area contributed by atoms with Crippen molar-refractivity contribution in [3.8, 4) is 11.6 Å². The van der Waals surface area contributed by atoms with Gasteiger partial charge in [0.05, 0.1) is 13.3 Å². The van der Waals surface area contributed by atoms with Gasteiger partial charge < -0.3 is 19.7 Å². The highest BCUT2D eigenvalue weighted by molar-refractivity contribution is 5.92. The number of aromatic nitrogens is 4. The first-order valence-corrected chi connectivity index (χ1v) is 12.1. The zero-order chi connectivity index (χ0) is 24.2. The highest BCUT2D eigenvalue weighted by Gasteiger charge is 2.25. The number of carbonyl (C=O) groups excluding carboxylic acids is 1. The Kier molecular flexibility index (Phi) is 6.74. The Morgan fingerprint density at radius 2 is 1.97 bits per heavy atom. The van der Waals surface area contributed by atoms with Crippen molar-refractivity contribution < 1.29 is 14.3 Å². The second kappa shape index (κ2) is 10.2. The summed E-state index contributed by atoms with van der Waals surface area (Å²) >= 11 is 0. The Labute approximate surface area is 204 Å². The predicted octanol–water partition coefficient (Wildman–Crippen LogP) is 2.92. The van der Waals surface area contributed by atoms with Crippen molar-refractivity contribution in [1.29, 1.82) is 0 Å². The molecule has 0 spiro atoms. The smallest absolute Gasteiger partial charge is 0.272 e.